The minimum absolute atomic E-state index is 0.0872. The van der Waals surface area contributed by atoms with Gasteiger partial charge in [0.15, 0.2) is 11.6 Å². The van der Waals surface area contributed by atoms with Crippen LogP contribution < -0.4 is 16.4 Å². The molecule has 0 aliphatic rings. The first-order chi connectivity index (χ1) is 14.8. The summed E-state index contributed by atoms with van der Waals surface area (Å²) in [5, 5.41) is 28.9. The minimum atomic E-state index is -1.06. The van der Waals surface area contributed by atoms with Crippen molar-refractivity contribution in [3.05, 3.63) is 47.7 Å². The number of fused-ring (bicyclic) bond motifs is 1. The molecule has 31 heavy (non-hydrogen) atoms. The van der Waals surface area contributed by atoms with Crippen molar-refractivity contribution in [2.45, 2.75) is 44.5 Å². The van der Waals surface area contributed by atoms with Gasteiger partial charge in [-0.3, -0.25) is 4.79 Å². The number of Topliss-reactive ketones (excluding diaryl/α,β-unsaturated/α-hetero) is 1. The van der Waals surface area contributed by atoms with E-state index in [4.69, 9.17) is 10.3 Å². The number of urea groups is 1. The third-order valence-corrected chi connectivity index (χ3v) is 4.81. The molecule has 3 aromatic rings. The number of nitrogens with two attached hydrogens (primary N) is 1. The predicted molar refractivity (Wildman–Crippen MR) is 111 cm³/mol. The number of nitrogens with zero attached hydrogens (tertiary/aromatic N) is 2. The molecular weight excluding hydrogens is 404 g/mol. The Balaban J connectivity index is 1.83. The van der Waals surface area contributed by atoms with Crippen molar-refractivity contribution in [2.75, 3.05) is 6.61 Å². The van der Waals surface area contributed by atoms with Crippen LogP contribution in [0.25, 0.3) is 10.9 Å². The lowest BCUT2D eigenvalue weighted by molar-refractivity contribution is -0.120. The number of para-hydroxylation sites is 1. The Morgan fingerprint density at radius 1 is 1.29 bits per heavy atom. The molecule has 7 N–H and O–H groups in total. The minimum Gasteiger partial charge on any atom is -0.394 e. The average Bonchev–Trinajstić information content (AvgIpc) is 3.37. The summed E-state index contributed by atoms with van der Waals surface area (Å²) in [7, 11) is 0. The highest BCUT2D eigenvalue weighted by molar-refractivity contribution is 5.87. The van der Waals surface area contributed by atoms with Gasteiger partial charge in [-0.15, -0.1) is 0 Å². The Kier molecular flexibility index (Phi) is 7.00. The Hall–Kier alpha value is -3.28. The largest absolute Gasteiger partial charge is 0.394 e. The van der Waals surface area contributed by atoms with E-state index in [9.17, 15) is 19.8 Å². The second kappa shape index (κ2) is 9.69. The van der Waals surface area contributed by atoms with Crippen LogP contribution >= 0.6 is 0 Å². The maximum atomic E-state index is 12.6. The van der Waals surface area contributed by atoms with Crippen molar-refractivity contribution in [2.24, 2.45) is 5.73 Å². The zero-order chi connectivity index (χ0) is 22.5. The molecule has 2 heterocycles. The highest BCUT2D eigenvalue weighted by Gasteiger charge is 2.27. The third-order valence-electron chi connectivity index (χ3n) is 4.81. The Morgan fingerprint density at radius 2 is 2.03 bits per heavy atom. The second-order valence-corrected chi connectivity index (χ2v) is 7.37. The Labute approximate surface area is 178 Å². The SMILES string of the molecule is CC(=O)[C@@H](NC(=O)N[C@@H](Cc1cc2ccccc2[nH]1)c1nc([C@@H](N)CO)no1)C(C)O. The average molecular weight is 430 g/mol. The number of hydrogen-bond donors (Lipinski definition) is 6. The summed E-state index contributed by atoms with van der Waals surface area (Å²) in [6, 6.07) is 6.32. The highest BCUT2D eigenvalue weighted by atomic mass is 16.5. The number of aliphatic hydroxyl groups is 2. The maximum absolute atomic E-state index is 12.6. The monoisotopic (exact) mass is 430 g/mol. The Morgan fingerprint density at radius 3 is 2.68 bits per heavy atom. The molecule has 0 radical (unpaired) electrons. The van der Waals surface area contributed by atoms with Gasteiger partial charge in [-0.05, 0) is 31.4 Å². The molecule has 4 atom stereocenters. The van der Waals surface area contributed by atoms with Crippen LogP contribution in [0.1, 0.15) is 43.3 Å². The zero-order valence-corrected chi connectivity index (χ0v) is 17.2. The molecular formula is C20H26N6O5. The summed E-state index contributed by atoms with van der Waals surface area (Å²) in [6.45, 7) is 2.32. The van der Waals surface area contributed by atoms with Crippen molar-refractivity contribution in [3.63, 3.8) is 0 Å². The molecule has 0 saturated carbocycles. The van der Waals surface area contributed by atoms with Crippen molar-refractivity contribution >= 4 is 22.7 Å². The smallest absolute Gasteiger partial charge is 0.316 e. The zero-order valence-electron chi connectivity index (χ0n) is 17.2. The van der Waals surface area contributed by atoms with Crippen LogP contribution in [-0.2, 0) is 11.2 Å². The second-order valence-electron chi connectivity index (χ2n) is 7.37. The van der Waals surface area contributed by atoms with Crippen LogP contribution in [0.3, 0.4) is 0 Å². The molecule has 166 valence electrons. The summed E-state index contributed by atoms with van der Waals surface area (Å²) in [6.07, 6.45) is -0.787. The fourth-order valence-electron chi connectivity index (χ4n) is 3.19. The van der Waals surface area contributed by atoms with Gasteiger partial charge in [0, 0.05) is 17.6 Å². The number of carbonyl (C=O) groups is 2. The van der Waals surface area contributed by atoms with E-state index < -0.39 is 30.3 Å². The first-order valence-corrected chi connectivity index (χ1v) is 9.80. The number of ketones is 1. The number of aromatic nitrogens is 3. The van der Waals surface area contributed by atoms with Crippen LogP contribution in [0, 0.1) is 0 Å². The van der Waals surface area contributed by atoms with Crippen LogP contribution in [0.4, 0.5) is 4.79 Å². The molecule has 2 amide bonds. The van der Waals surface area contributed by atoms with E-state index in [1.165, 1.54) is 13.8 Å². The van der Waals surface area contributed by atoms with Gasteiger partial charge in [-0.25, -0.2) is 4.79 Å². The number of amides is 2. The van der Waals surface area contributed by atoms with Gasteiger partial charge >= 0.3 is 6.03 Å². The van der Waals surface area contributed by atoms with Gasteiger partial charge in [0.2, 0.25) is 5.89 Å². The molecule has 11 heteroatoms. The van der Waals surface area contributed by atoms with Crippen LogP contribution in [0.5, 0.6) is 0 Å². The Bertz CT molecular complexity index is 1010. The van der Waals surface area contributed by atoms with Crippen LogP contribution in [0.2, 0.25) is 0 Å². The molecule has 11 nitrogen and oxygen atoms in total. The lowest BCUT2D eigenvalue weighted by atomic mass is 10.1. The first kappa shape index (κ1) is 22.4. The number of carbonyl (C=O) groups excluding carboxylic acids is 2. The standard InChI is InChI=1S/C20H26N6O5/c1-10(28)17(11(2)29)24-20(30)23-16(19-25-18(26-31-19)14(21)9-27)8-13-7-12-5-3-4-6-15(12)22-13/h3-7,10,14,16-17,22,27-28H,8-9,21H2,1-2H3,(H2,23,24,30)/t10?,14-,16-,17-/m0/s1. The number of rotatable bonds is 9. The highest BCUT2D eigenvalue weighted by Crippen LogP contribution is 2.21. The molecule has 1 unspecified atom stereocenters. The van der Waals surface area contributed by atoms with E-state index in [2.05, 4.69) is 25.8 Å². The van der Waals surface area contributed by atoms with Gasteiger partial charge in [0.05, 0.1) is 18.8 Å². The molecule has 0 aliphatic heterocycles. The molecule has 1 aromatic carbocycles. The summed E-state index contributed by atoms with van der Waals surface area (Å²) >= 11 is 0. The van der Waals surface area contributed by atoms with Gasteiger partial charge in [0.1, 0.15) is 12.1 Å². The molecule has 0 saturated heterocycles. The van der Waals surface area contributed by atoms with Gasteiger partial charge in [-0.2, -0.15) is 4.98 Å². The number of H-pyrrole nitrogens is 1. The van der Waals surface area contributed by atoms with E-state index in [1.807, 2.05) is 30.3 Å². The third kappa shape index (κ3) is 5.45. The van der Waals surface area contributed by atoms with Crippen molar-refractivity contribution < 1.29 is 24.3 Å². The van der Waals surface area contributed by atoms with Crippen molar-refractivity contribution in [3.8, 4) is 0 Å². The first-order valence-electron chi connectivity index (χ1n) is 9.80. The summed E-state index contributed by atoms with van der Waals surface area (Å²) in [4.78, 5) is 31.7. The van der Waals surface area contributed by atoms with E-state index in [-0.39, 0.29) is 30.5 Å². The van der Waals surface area contributed by atoms with Crippen molar-refractivity contribution in [1.29, 1.82) is 0 Å². The number of aromatic amines is 1. The van der Waals surface area contributed by atoms with Crippen molar-refractivity contribution in [1.82, 2.24) is 25.8 Å². The summed E-state index contributed by atoms with van der Waals surface area (Å²) < 4.78 is 5.27. The molecule has 2 aromatic heterocycles. The van der Waals surface area contributed by atoms with Crippen LogP contribution in [-0.4, -0.2) is 55.9 Å². The van der Waals surface area contributed by atoms with E-state index in [0.717, 1.165) is 16.6 Å². The molecule has 3 rings (SSSR count). The summed E-state index contributed by atoms with van der Waals surface area (Å²) in [5.41, 5.74) is 7.47. The quantitative estimate of drug-likeness (QED) is 0.283. The molecule has 0 bridgehead atoms. The lowest BCUT2D eigenvalue weighted by Crippen LogP contribution is -2.51. The van der Waals surface area contributed by atoms with E-state index in [0.29, 0.717) is 0 Å². The molecule has 0 fully saturated rings. The number of aliphatic hydroxyl groups excluding tert-OH is 2. The fourth-order valence-corrected chi connectivity index (χ4v) is 3.19. The lowest BCUT2D eigenvalue weighted by Gasteiger charge is -2.21. The van der Waals surface area contributed by atoms with E-state index >= 15 is 0 Å². The fraction of sp³-hybridized carbons (Fsp3) is 0.400. The number of benzene rings is 1. The maximum Gasteiger partial charge on any atom is 0.316 e. The van der Waals surface area contributed by atoms with Gasteiger partial charge in [-0.1, -0.05) is 23.4 Å². The number of nitrogens with one attached hydrogen (secondary N) is 3. The molecule has 0 spiro atoms. The van der Waals surface area contributed by atoms with Gasteiger partial charge in [0.25, 0.3) is 0 Å². The topological polar surface area (TPSA) is 179 Å². The van der Waals surface area contributed by atoms with Crippen LogP contribution in [0.15, 0.2) is 34.9 Å². The normalized spacial score (nSPS) is 15.3. The molecule has 0 aliphatic carbocycles. The number of hydrogen-bond acceptors (Lipinski definition) is 8. The van der Waals surface area contributed by atoms with Gasteiger partial charge < -0.3 is 36.1 Å². The summed E-state index contributed by atoms with van der Waals surface area (Å²) in [5.74, 6) is -0.192. The van der Waals surface area contributed by atoms with E-state index in [1.54, 1.807) is 0 Å². The predicted octanol–water partition coefficient (Wildman–Crippen LogP) is 0.464.